The zero-order chi connectivity index (χ0) is 20.9. The van der Waals surface area contributed by atoms with Crippen molar-refractivity contribution in [1.29, 1.82) is 0 Å². The van der Waals surface area contributed by atoms with Crippen molar-refractivity contribution in [2.75, 3.05) is 18.4 Å². The number of nitrogens with one attached hydrogen (secondary N) is 1. The molecule has 158 valence electrons. The second kappa shape index (κ2) is 9.49. The first-order chi connectivity index (χ1) is 13.8. The molecule has 0 radical (unpaired) electrons. The van der Waals surface area contributed by atoms with E-state index in [4.69, 9.17) is 9.90 Å². The van der Waals surface area contributed by atoms with E-state index < -0.39 is 12.1 Å². The molecule has 7 nitrogen and oxygen atoms in total. The molecule has 4 rings (SSSR count). The lowest BCUT2D eigenvalue weighted by Gasteiger charge is -2.28. The molecule has 2 N–H and O–H groups in total. The zero-order valence-electron chi connectivity index (χ0n) is 15.7. The number of aliphatic carboxylic acids is 1. The molecular weight excluding hydrogens is 407 g/mol. The van der Waals surface area contributed by atoms with Crippen LogP contribution in [0.15, 0.2) is 17.9 Å². The summed E-state index contributed by atoms with van der Waals surface area (Å²) in [5.74, 6) is -1.68. The summed E-state index contributed by atoms with van der Waals surface area (Å²) < 4.78 is 31.7. The maximum absolute atomic E-state index is 10.6. The van der Waals surface area contributed by atoms with Gasteiger partial charge in [0, 0.05) is 42.7 Å². The van der Waals surface area contributed by atoms with E-state index in [1.807, 2.05) is 11.6 Å². The quantitative estimate of drug-likeness (QED) is 0.772. The molecule has 1 fully saturated rings. The molecule has 0 amide bonds. The van der Waals surface area contributed by atoms with Gasteiger partial charge >= 0.3 is 12.1 Å². The van der Waals surface area contributed by atoms with Gasteiger partial charge in [0.1, 0.15) is 17.2 Å². The van der Waals surface area contributed by atoms with Crippen molar-refractivity contribution in [3.05, 3.63) is 34.2 Å². The lowest BCUT2D eigenvalue weighted by Crippen LogP contribution is -2.28. The Kier molecular flexibility index (Phi) is 7.01. The maximum atomic E-state index is 10.6. The van der Waals surface area contributed by atoms with Gasteiger partial charge in [-0.15, -0.1) is 11.3 Å². The van der Waals surface area contributed by atoms with Crippen LogP contribution >= 0.6 is 11.3 Å². The summed E-state index contributed by atoms with van der Waals surface area (Å²) in [4.78, 5) is 24.8. The van der Waals surface area contributed by atoms with Crippen LogP contribution in [0.4, 0.5) is 19.0 Å². The predicted molar refractivity (Wildman–Crippen MR) is 102 cm³/mol. The number of rotatable bonds is 4. The van der Waals surface area contributed by atoms with Crippen molar-refractivity contribution < 1.29 is 23.1 Å². The molecule has 1 aliphatic heterocycles. The van der Waals surface area contributed by atoms with E-state index >= 15 is 0 Å². The molecule has 0 saturated heterocycles. The van der Waals surface area contributed by atoms with E-state index in [9.17, 15) is 13.2 Å². The van der Waals surface area contributed by atoms with Gasteiger partial charge in [-0.1, -0.05) is 0 Å². The third-order valence-electron chi connectivity index (χ3n) is 4.91. The van der Waals surface area contributed by atoms with Crippen LogP contribution in [0.1, 0.15) is 35.5 Å². The second-order valence-corrected chi connectivity index (χ2v) is 7.90. The van der Waals surface area contributed by atoms with Crippen LogP contribution in [0.25, 0.3) is 0 Å². The summed E-state index contributed by atoms with van der Waals surface area (Å²) in [6.45, 7) is 3.05. The molecule has 3 heterocycles. The van der Waals surface area contributed by atoms with E-state index in [1.165, 1.54) is 35.5 Å². The lowest BCUT2D eigenvalue weighted by atomic mass is 9.93. The van der Waals surface area contributed by atoms with E-state index in [2.05, 4.69) is 25.2 Å². The summed E-state index contributed by atoms with van der Waals surface area (Å²) in [6.07, 6.45) is 4.44. The van der Waals surface area contributed by atoms with Crippen LogP contribution in [0, 0.1) is 0 Å². The summed E-state index contributed by atoms with van der Waals surface area (Å²) in [5, 5.41) is 14.0. The van der Waals surface area contributed by atoms with Crippen LogP contribution in [0.5, 0.6) is 0 Å². The van der Waals surface area contributed by atoms with Gasteiger partial charge in [0.25, 0.3) is 0 Å². The van der Waals surface area contributed by atoms with Gasteiger partial charge in [-0.05, 0) is 25.7 Å². The number of fused-ring (bicyclic) bond motifs is 1. The van der Waals surface area contributed by atoms with Gasteiger partial charge in [-0.25, -0.2) is 19.7 Å². The Morgan fingerprint density at radius 2 is 1.97 bits per heavy atom. The van der Waals surface area contributed by atoms with Gasteiger partial charge in [-0.3, -0.25) is 4.90 Å². The SMILES string of the molecule is O=C(O)C(F)(F)F.c1csc(CN2CCc3ncnc(NC4CCC4)c3CC2)n1. The number of carbonyl (C=O) groups is 1. The molecule has 0 spiro atoms. The van der Waals surface area contributed by atoms with Crippen LogP contribution in [-0.4, -0.2) is 56.2 Å². The Morgan fingerprint density at radius 3 is 2.55 bits per heavy atom. The molecule has 11 heteroatoms. The molecule has 1 aliphatic carbocycles. The van der Waals surface area contributed by atoms with E-state index in [0.29, 0.717) is 6.04 Å². The number of hydrogen-bond donors (Lipinski definition) is 2. The highest BCUT2D eigenvalue weighted by atomic mass is 32.1. The number of carboxylic acids is 1. The number of aromatic nitrogens is 3. The fourth-order valence-corrected chi connectivity index (χ4v) is 3.78. The standard InChI is InChI=1S/C16H21N5S.C2HF3O2/c1-2-12(3-1)20-16-13-4-7-21(10-15-17-6-9-22-15)8-5-14(13)18-11-19-16;3-2(4,5)1(6)7/h6,9,11-12H,1-5,7-8,10H2,(H,18,19,20);(H,6,7). The number of carboxylic acid groups (broad SMARTS) is 1. The van der Waals surface area contributed by atoms with E-state index in [0.717, 1.165) is 38.3 Å². The van der Waals surface area contributed by atoms with Crippen molar-refractivity contribution in [1.82, 2.24) is 19.9 Å². The molecule has 2 aromatic heterocycles. The smallest absolute Gasteiger partial charge is 0.475 e. The lowest BCUT2D eigenvalue weighted by molar-refractivity contribution is -0.192. The number of anilines is 1. The third-order valence-corrected chi connectivity index (χ3v) is 5.67. The molecular formula is C18H22F3N5O2S. The third kappa shape index (κ3) is 6.10. The van der Waals surface area contributed by atoms with Crippen LogP contribution < -0.4 is 5.32 Å². The minimum Gasteiger partial charge on any atom is -0.475 e. The van der Waals surface area contributed by atoms with Crippen molar-refractivity contribution in [3.8, 4) is 0 Å². The first kappa shape index (κ1) is 21.4. The molecule has 0 unspecified atom stereocenters. The van der Waals surface area contributed by atoms with Gasteiger partial charge in [0.2, 0.25) is 0 Å². The first-order valence-corrected chi connectivity index (χ1v) is 10.2. The zero-order valence-corrected chi connectivity index (χ0v) is 16.5. The van der Waals surface area contributed by atoms with Crippen molar-refractivity contribution in [2.24, 2.45) is 0 Å². The van der Waals surface area contributed by atoms with Crippen LogP contribution in [-0.2, 0) is 24.2 Å². The molecule has 2 aliphatic rings. The molecule has 0 atom stereocenters. The molecule has 1 saturated carbocycles. The Morgan fingerprint density at radius 1 is 1.24 bits per heavy atom. The average molecular weight is 429 g/mol. The first-order valence-electron chi connectivity index (χ1n) is 9.33. The predicted octanol–water partition coefficient (Wildman–Crippen LogP) is 3.13. The number of alkyl halides is 3. The fourth-order valence-electron chi connectivity index (χ4n) is 3.12. The number of hydrogen-bond acceptors (Lipinski definition) is 7. The summed E-state index contributed by atoms with van der Waals surface area (Å²) in [6, 6.07) is 0.619. The highest BCUT2D eigenvalue weighted by Gasteiger charge is 2.38. The summed E-state index contributed by atoms with van der Waals surface area (Å²) in [5.41, 5.74) is 2.55. The Balaban J connectivity index is 0.000000298. The highest BCUT2D eigenvalue weighted by molar-refractivity contribution is 7.09. The molecule has 0 aromatic carbocycles. The minimum atomic E-state index is -5.08. The maximum Gasteiger partial charge on any atom is 0.490 e. The highest BCUT2D eigenvalue weighted by Crippen LogP contribution is 2.27. The van der Waals surface area contributed by atoms with E-state index in [-0.39, 0.29) is 0 Å². The Hall–Kier alpha value is -2.27. The van der Waals surface area contributed by atoms with Crippen molar-refractivity contribution >= 4 is 23.1 Å². The normalized spacial score (nSPS) is 17.3. The summed E-state index contributed by atoms with van der Waals surface area (Å²) >= 11 is 1.74. The van der Waals surface area contributed by atoms with E-state index in [1.54, 1.807) is 17.7 Å². The molecule has 2 aromatic rings. The van der Waals surface area contributed by atoms with Gasteiger partial charge in [-0.2, -0.15) is 13.2 Å². The monoisotopic (exact) mass is 429 g/mol. The number of nitrogens with zero attached hydrogens (tertiary/aromatic N) is 4. The second-order valence-electron chi connectivity index (χ2n) is 6.92. The van der Waals surface area contributed by atoms with Crippen molar-refractivity contribution in [2.45, 2.75) is 50.9 Å². The molecule has 0 bridgehead atoms. The Bertz CT molecular complexity index is 812. The van der Waals surface area contributed by atoms with Gasteiger partial charge < -0.3 is 10.4 Å². The largest absolute Gasteiger partial charge is 0.490 e. The van der Waals surface area contributed by atoms with Gasteiger partial charge in [0.05, 0.1) is 12.2 Å². The average Bonchev–Trinajstić information content (AvgIpc) is 3.05. The van der Waals surface area contributed by atoms with Crippen LogP contribution in [0.2, 0.25) is 0 Å². The minimum absolute atomic E-state index is 0.619. The van der Waals surface area contributed by atoms with Crippen LogP contribution in [0.3, 0.4) is 0 Å². The van der Waals surface area contributed by atoms with Crippen molar-refractivity contribution in [3.63, 3.8) is 0 Å². The summed E-state index contributed by atoms with van der Waals surface area (Å²) in [7, 11) is 0. The number of halogens is 3. The topological polar surface area (TPSA) is 91.2 Å². The Labute approximate surface area is 170 Å². The molecule has 29 heavy (non-hydrogen) atoms. The number of thiazole rings is 1. The van der Waals surface area contributed by atoms with Gasteiger partial charge in [0.15, 0.2) is 0 Å². The fraction of sp³-hybridized carbons (Fsp3) is 0.556.